The van der Waals surface area contributed by atoms with Crippen molar-refractivity contribution in [2.75, 3.05) is 14.2 Å². The molecule has 0 aliphatic carbocycles. The number of nitrogens with one attached hydrogen (secondary N) is 1. The number of amides is 1. The van der Waals surface area contributed by atoms with Crippen LogP contribution >= 0.6 is 27.3 Å². The van der Waals surface area contributed by atoms with E-state index in [9.17, 15) is 4.79 Å². The lowest BCUT2D eigenvalue weighted by Crippen LogP contribution is -2.16. The van der Waals surface area contributed by atoms with Crippen molar-refractivity contribution in [3.05, 3.63) is 44.6 Å². The van der Waals surface area contributed by atoms with Gasteiger partial charge in [-0.15, -0.1) is 11.3 Å². The molecule has 0 saturated carbocycles. The molecule has 2 rings (SSSR count). The van der Waals surface area contributed by atoms with Gasteiger partial charge in [0.1, 0.15) is 11.5 Å². The minimum absolute atomic E-state index is 0.251. The fourth-order valence-electron chi connectivity index (χ4n) is 1.63. The zero-order valence-electron chi connectivity index (χ0n) is 11.4. The van der Waals surface area contributed by atoms with Gasteiger partial charge in [-0.3, -0.25) is 4.79 Å². The number of hydrogen-bond acceptors (Lipinski definition) is 5. The van der Waals surface area contributed by atoms with Gasteiger partial charge in [-0.05, 0) is 39.5 Å². The number of benzene rings is 1. The molecule has 1 heterocycles. The summed E-state index contributed by atoms with van der Waals surface area (Å²) in [6, 6.07) is 7.10. The third kappa shape index (κ3) is 3.62. The first-order chi connectivity index (χ1) is 10.2. The molecule has 1 aromatic heterocycles. The van der Waals surface area contributed by atoms with Gasteiger partial charge in [0.05, 0.1) is 35.3 Å². The normalized spacial score (nSPS) is 10.6. The number of halogens is 1. The molecule has 0 spiro atoms. The highest BCUT2D eigenvalue weighted by Crippen LogP contribution is 2.33. The van der Waals surface area contributed by atoms with E-state index in [1.54, 1.807) is 32.4 Å². The lowest BCUT2D eigenvalue weighted by molar-refractivity contribution is 0.0959. The van der Waals surface area contributed by atoms with Crippen molar-refractivity contribution < 1.29 is 14.3 Å². The monoisotopic (exact) mass is 368 g/mol. The maximum atomic E-state index is 11.8. The van der Waals surface area contributed by atoms with E-state index in [0.29, 0.717) is 26.4 Å². The Hall–Kier alpha value is -1.86. The van der Waals surface area contributed by atoms with Crippen LogP contribution in [0.3, 0.4) is 0 Å². The van der Waals surface area contributed by atoms with E-state index >= 15 is 0 Å². The van der Waals surface area contributed by atoms with Crippen molar-refractivity contribution in [3.8, 4) is 11.5 Å². The Labute approximate surface area is 134 Å². The maximum absolute atomic E-state index is 11.8. The average molecular weight is 369 g/mol. The molecule has 0 unspecified atom stereocenters. The van der Waals surface area contributed by atoms with Gasteiger partial charge in [0.15, 0.2) is 0 Å². The molecule has 21 heavy (non-hydrogen) atoms. The molecule has 0 aliphatic rings. The van der Waals surface area contributed by atoms with Gasteiger partial charge in [-0.1, -0.05) is 6.07 Å². The second kappa shape index (κ2) is 7.24. The summed E-state index contributed by atoms with van der Waals surface area (Å²) in [6.45, 7) is 0. The second-order valence-corrected chi connectivity index (χ2v) is 5.61. The Morgan fingerprint density at radius 2 is 2.00 bits per heavy atom. The molecule has 5 nitrogen and oxygen atoms in total. The second-order valence-electron chi connectivity index (χ2n) is 3.87. The predicted octanol–water partition coefficient (Wildman–Crippen LogP) is 3.29. The molecule has 0 saturated heterocycles. The molecule has 0 aliphatic heterocycles. The van der Waals surface area contributed by atoms with Crippen LogP contribution in [0.15, 0.2) is 39.2 Å². The summed E-state index contributed by atoms with van der Waals surface area (Å²) < 4.78 is 11.2. The first-order valence-electron chi connectivity index (χ1n) is 5.94. The van der Waals surface area contributed by atoms with Crippen molar-refractivity contribution in [3.63, 3.8) is 0 Å². The Kier molecular flexibility index (Phi) is 5.35. The van der Waals surface area contributed by atoms with Gasteiger partial charge in [-0.25, -0.2) is 5.43 Å². The van der Waals surface area contributed by atoms with Crippen LogP contribution in [0, 0.1) is 0 Å². The largest absolute Gasteiger partial charge is 0.496 e. The number of nitrogens with zero attached hydrogens (tertiary/aromatic N) is 1. The van der Waals surface area contributed by atoms with Gasteiger partial charge in [0.25, 0.3) is 5.91 Å². The van der Waals surface area contributed by atoms with Crippen LogP contribution < -0.4 is 14.9 Å². The van der Waals surface area contributed by atoms with E-state index in [0.717, 1.165) is 0 Å². The summed E-state index contributed by atoms with van der Waals surface area (Å²) >= 11 is 4.79. The van der Waals surface area contributed by atoms with Crippen LogP contribution in [0.1, 0.15) is 15.2 Å². The van der Waals surface area contributed by atoms with E-state index < -0.39 is 0 Å². The predicted molar refractivity (Wildman–Crippen MR) is 86.6 cm³/mol. The number of thiophene rings is 1. The van der Waals surface area contributed by atoms with Gasteiger partial charge in [0.2, 0.25) is 0 Å². The Morgan fingerprint density at radius 3 is 2.62 bits per heavy atom. The van der Waals surface area contributed by atoms with Crippen LogP contribution in [-0.2, 0) is 0 Å². The minimum atomic E-state index is -0.251. The Bertz CT molecular complexity index is 656. The molecule has 1 aromatic carbocycles. The first kappa shape index (κ1) is 15.5. The topological polar surface area (TPSA) is 59.9 Å². The maximum Gasteiger partial charge on any atom is 0.281 e. The van der Waals surface area contributed by atoms with Crippen molar-refractivity contribution >= 4 is 39.4 Å². The van der Waals surface area contributed by atoms with Crippen LogP contribution in [0.5, 0.6) is 11.5 Å². The third-order valence-electron chi connectivity index (χ3n) is 2.65. The van der Waals surface area contributed by atoms with Crippen molar-refractivity contribution in [2.45, 2.75) is 0 Å². The lowest BCUT2D eigenvalue weighted by atomic mass is 10.2. The van der Waals surface area contributed by atoms with Gasteiger partial charge in [0, 0.05) is 0 Å². The molecule has 0 bridgehead atoms. The molecule has 0 fully saturated rings. The van der Waals surface area contributed by atoms with E-state index in [4.69, 9.17) is 9.47 Å². The number of ether oxygens (including phenoxy) is 2. The minimum Gasteiger partial charge on any atom is -0.496 e. The molecule has 110 valence electrons. The van der Waals surface area contributed by atoms with E-state index in [1.807, 2.05) is 11.4 Å². The van der Waals surface area contributed by atoms with Crippen molar-refractivity contribution in [2.24, 2.45) is 5.10 Å². The summed E-state index contributed by atoms with van der Waals surface area (Å²) in [6.07, 6.45) is 1.51. The molecular weight excluding hydrogens is 356 g/mol. The van der Waals surface area contributed by atoms with Crippen LogP contribution in [0.25, 0.3) is 0 Å². The molecule has 0 radical (unpaired) electrons. The smallest absolute Gasteiger partial charge is 0.281 e. The van der Waals surface area contributed by atoms with Gasteiger partial charge < -0.3 is 9.47 Å². The molecule has 1 amide bonds. The number of carbonyl (C=O) groups excluding carboxylic acids is 1. The fourth-order valence-corrected chi connectivity index (χ4v) is 2.83. The highest BCUT2D eigenvalue weighted by atomic mass is 79.9. The number of carbonyl (C=O) groups is 1. The molecular formula is C14H13BrN2O3S. The number of methoxy groups -OCH3 is 2. The summed E-state index contributed by atoms with van der Waals surface area (Å²) in [4.78, 5) is 12.4. The van der Waals surface area contributed by atoms with Crippen molar-refractivity contribution in [1.29, 1.82) is 0 Å². The third-order valence-corrected chi connectivity index (χ3v) is 4.34. The Morgan fingerprint density at radius 1 is 1.29 bits per heavy atom. The van der Waals surface area contributed by atoms with Gasteiger partial charge >= 0.3 is 0 Å². The highest BCUT2D eigenvalue weighted by Gasteiger charge is 2.11. The molecule has 0 atom stereocenters. The quantitative estimate of drug-likeness (QED) is 0.650. The molecule has 7 heteroatoms. The van der Waals surface area contributed by atoms with Crippen LogP contribution in [0.4, 0.5) is 0 Å². The fraction of sp³-hybridized carbons (Fsp3) is 0.143. The first-order valence-corrected chi connectivity index (χ1v) is 7.62. The lowest BCUT2D eigenvalue weighted by Gasteiger charge is -2.10. The van der Waals surface area contributed by atoms with E-state index in [1.165, 1.54) is 17.6 Å². The standard InChI is InChI=1S/C14H13BrN2O3S/c1-19-10-5-6-11(20-2)13(15)9(10)8-16-17-14(18)12-4-3-7-21-12/h3-8H,1-2H3,(H,17,18)/b16-8+. The van der Waals surface area contributed by atoms with E-state index in [-0.39, 0.29) is 5.91 Å². The van der Waals surface area contributed by atoms with E-state index in [2.05, 4.69) is 26.5 Å². The highest BCUT2D eigenvalue weighted by molar-refractivity contribution is 9.10. The molecule has 1 N–H and O–H groups in total. The number of hydrazone groups is 1. The average Bonchev–Trinajstić information content (AvgIpc) is 3.03. The summed E-state index contributed by atoms with van der Waals surface area (Å²) in [5.41, 5.74) is 3.16. The summed E-state index contributed by atoms with van der Waals surface area (Å²) in [5, 5.41) is 5.79. The number of rotatable bonds is 5. The van der Waals surface area contributed by atoms with Crippen LogP contribution in [0.2, 0.25) is 0 Å². The molecule has 2 aromatic rings. The summed E-state index contributed by atoms with van der Waals surface area (Å²) in [7, 11) is 3.14. The van der Waals surface area contributed by atoms with Crippen LogP contribution in [-0.4, -0.2) is 26.3 Å². The summed E-state index contributed by atoms with van der Waals surface area (Å²) in [5.74, 6) is 1.03. The number of hydrogen-bond donors (Lipinski definition) is 1. The zero-order chi connectivity index (χ0) is 15.2. The SMILES string of the molecule is COc1ccc(OC)c(/C=N/NC(=O)c2cccs2)c1Br. The Balaban J connectivity index is 2.18. The van der Waals surface area contributed by atoms with Gasteiger partial charge in [-0.2, -0.15) is 5.10 Å². The zero-order valence-corrected chi connectivity index (χ0v) is 13.8. The van der Waals surface area contributed by atoms with Crippen molar-refractivity contribution in [1.82, 2.24) is 5.43 Å².